The van der Waals surface area contributed by atoms with Crippen molar-refractivity contribution in [2.24, 2.45) is 5.92 Å². The van der Waals surface area contributed by atoms with Crippen LogP contribution in [0.1, 0.15) is 18.5 Å². The van der Waals surface area contributed by atoms with Crippen molar-refractivity contribution in [3.63, 3.8) is 0 Å². The summed E-state index contributed by atoms with van der Waals surface area (Å²) in [6.07, 6.45) is 8.12. The predicted octanol–water partition coefficient (Wildman–Crippen LogP) is 3.47. The average Bonchev–Trinajstić information content (AvgIpc) is 3.39. The van der Waals surface area contributed by atoms with Gasteiger partial charge in [-0.3, -0.25) is 4.79 Å². The molecular weight excluding hydrogens is 498 g/mol. The first kappa shape index (κ1) is 26.1. The van der Waals surface area contributed by atoms with Gasteiger partial charge in [0.15, 0.2) is 11.5 Å². The minimum Gasteiger partial charge on any atom is -0.493 e. The Bertz CT molecular complexity index is 1380. The molecule has 1 aliphatic rings. The Morgan fingerprint density at radius 1 is 1.08 bits per heavy atom. The van der Waals surface area contributed by atoms with Crippen molar-refractivity contribution in [3.8, 4) is 17.2 Å². The molecule has 2 N–H and O–H groups in total. The highest BCUT2D eigenvalue weighted by atomic mass is 16.5. The lowest BCUT2D eigenvalue weighted by atomic mass is 9.97. The summed E-state index contributed by atoms with van der Waals surface area (Å²) >= 11 is 0. The van der Waals surface area contributed by atoms with E-state index in [1.54, 1.807) is 39.7 Å². The van der Waals surface area contributed by atoms with Gasteiger partial charge in [0.2, 0.25) is 17.6 Å². The van der Waals surface area contributed by atoms with E-state index in [1.807, 2.05) is 41.1 Å². The van der Waals surface area contributed by atoms with Crippen molar-refractivity contribution in [1.29, 1.82) is 0 Å². The summed E-state index contributed by atoms with van der Waals surface area (Å²) in [5.41, 5.74) is 2.56. The maximum Gasteiger partial charge on any atom is 0.229 e. The van der Waals surface area contributed by atoms with Crippen molar-refractivity contribution in [2.75, 3.05) is 51.2 Å². The number of piperidine rings is 1. The summed E-state index contributed by atoms with van der Waals surface area (Å²) in [5.74, 6) is 2.72. The molecule has 11 nitrogen and oxygen atoms in total. The SMILES string of the molecule is COc1cc(Nc2nccc(N3CCCC(C(=O)NCCc4cn5ccccc5n4)C3)n2)cc(OC)c1OC. The van der Waals surface area contributed by atoms with E-state index >= 15 is 0 Å². The largest absolute Gasteiger partial charge is 0.493 e. The van der Waals surface area contributed by atoms with Crippen LogP contribution in [0.5, 0.6) is 17.2 Å². The molecule has 0 radical (unpaired) electrons. The van der Waals surface area contributed by atoms with Gasteiger partial charge in [0.1, 0.15) is 11.5 Å². The molecule has 1 atom stereocenters. The minimum atomic E-state index is -0.110. The van der Waals surface area contributed by atoms with Gasteiger partial charge in [0, 0.05) is 62.5 Å². The zero-order valence-corrected chi connectivity index (χ0v) is 22.4. The maximum absolute atomic E-state index is 13.0. The lowest BCUT2D eigenvalue weighted by Gasteiger charge is -2.33. The van der Waals surface area contributed by atoms with Crippen LogP contribution in [0.4, 0.5) is 17.5 Å². The average molecular weight is 532 g/mol. The quantitative estimate of drug-likeness (QED) is 0.317. The number of benzene rings is 1. The number of imidazole rings is 1. The second kappa shape index (κ2) is 11.9. The van der Waals surface area contributed by atoms with Gasteiger partial charge in [0.25, 0.3) is 0 Å². The normalized spacial score (nSPS) is 15.2. The van der Waals surface area contributed by atoms with Gasteiger partial charge in [-0.05, 0) is 31.0 Å². The molecule has 4 heterocycles. The van der Waals surface area contributed by atoms with E-state index in [-0.39, 0.29) is 11.8 Å². The molecule has 1 aliphatic heterocycles. The fourth-order valence-electron chi connectivity index (χ4n) is 4.83. The minimum absolute atomic E-state index is 0.0632. The molecule has 11 heteroatoms. The summed E-state index contributed by atoms with van der Waals surface area (Å²) in [6.45, 7) is 1.97. The molecule has 39 heavy (non-hydrogen) atoms. The molecule has 1 unspecified atom stereocenters. The third-order valence-electron chi connectivity index (χ3n) is 6.77. The molecule has 1 saturated heterocycles. The second-order valence-corrected chi connectivity index (χ2v) is 9.30. The van der Waals surface area contributed by atoms with E-state index in [9.17, 15) is 4.79 Å². The fourth-order valence-corrected chi connectivity index (χ4v) is 4.83. The molecule has 1 amide bonds. The van der Waals surface area contributed by atoms with Crippen LogP contribution in [0.25, 0.3) is 5.65 Å². The molecule has 1 fully saturated rings. The van der Waals surface area contributed by atoms with Gasteiger partial charge in [-0.1, -0.05) is 6.07 Å². The van der Waals surface area contributed by atoms with Crippen LogP contribution in [-0.4, -0.2) is 66.2 Å². The molecular formula is C28H33N7O4. The predicted molar refractivity (Wildman–Crippen MR) is 148 cm³/mol. The Labute approximate surface area is 227 Å². The molecule has 0 bridgehead atoms. The highest BCUT2D eigenvalue weighted by Gasteiger charge is 2.26. The first-order chi connectivity index (χ1) is 19.1. The molecule has 3 aromatic heterocycles. The van der Waals surface area contributed by atoms with Gasteiger partial charge in [0.05, 0.1) is 32.9 Å². The zero-order chi connectivity index (χ0) is 27.2. The van der Waals surface area contributed by atoms with Gasteiger partial charge < -0.3 is 34.1 Å². The lowest BCUT2D eigenvalue weighted by Crippen LogP contribution is -2.43. The number of hydrogen-bond donors (Lipinski definition) is 2. The molecule has 5 rings (SSSR count). The molecule has 0 aliphatic carbocycles. The smallest absolute Gasteiger partial charge is 0.229 e. The Morgan fingerprint density at radius 2 is 1.90 bits per heavy atom. The number of nitrogens with zero attached hydrogens (tertiary/aromatic N) is 5. The molecule has 0 saturated carbocycles. The van der Waals surface area contributed by atoms with Crippen LogP contribution < -0.4 is 29.7 Å². The van der Waals surface area contributed by atoms with Crippen LogP contribution in [0.2, 0.25) is 0 Å². The number of fused-ring (bicyclic) bond motifs is 1. The number of carbonyl (C=O) groups excluding carboxylic acids is 1. The summed E-state index contributed by atoms with van der Waals surface area (Å²) in [7, 11) is 4.70. The Hall–Kier alpha value is -4.54. The van der Waals surface area contributed by atoms with E-state index in [0.717, 1.165) is 36.5 Å². The van der Waals surface area contributed by atoms with E-state index in [4.69, 9.17) is 19.2 Å². The highest BCUT2D eigenvalue weighted by Crippen LogP contribution is 2.40. The molecule has 1 aromatic carbocycles. The van der Waals surface area contributed by atoms with Gasteiger partial charge >= 0.3 is 0 Å². The monoisotopic (exact) mass is 531 g/mol. The number of ether oxygens (including phenoxy) is 3. The summed E-state index contributed by atoms with van der Waals surface area (Å²) in [4.78, 5) is 28.8. The van der Waals surface area contributed by atoms with Crippen molar-refractivity contribution >= 4 is 29.0 Å². The van der Waals surface area contributed by atoms with Crippen LogP contribution in [0.15, 0.2) is 55.0 Å². The van der Waals surface area contributed by atoms with Crippen molar-refractivity contribution in [3.05, 3.63) is 60.7 Å². The van der Waals surface area contributed by atoms with E-state index in [1.165, 1.54) is 0 Å². The van der Waals surface area contributed by atoms with Crippen LogP contribution in [0, 0.1) is 5.92 Å². The number of amides is 1. The van der Waals surface area contributed by atoms with E-state index < -0.39 is 0 Å². The van der Waals surface area contributed by atoms with Crippen LogP contribution in [0.3, 0.4) is 0 Å². The number of hydrogen-bond acceptors (Lipinski definition) is 9. The number of rotatable bonds is 10. The summed E-state index contributed by atoms with van der Waals surface area (Å²) < 4.78 is 18.3. The standard InChI is InChI=1S/C28H33N7O4/c1-37-22-15-21(16-23(38-2)26(22)39-3)32-28-30-12-10-25(33-28)34-14-6-7-19(17-34)27(36)29-11-9-20-18-35-13-5-4-8-24(35)31-20/h4-5,8,10,12-13,15-16,18-19H,6-7,9,11,14,17H2,1-3H3,(H,29,36)(H,30,32,33). The number of aromatic nitrogens is 4. The van der Waals surface area contributed by atoms with E-state index in [2.05, 4.69) is 25.5 Å². The fraction of sp³-hybridized carbons (Fsp3) is 0.357. The number of nitrogens with one attached hydrogen (secondary N) is 2. The second-order valence-electron chi connectivity index (χ2n) is 9.30. The topological polar surface area (TPSA) is 115 Å². The van der Waals surface area contributed by atoms with Gasteiger partial charge in [-0.25, -0.2) is 9.97 Å². The molecule has 0 spiro atoms. The van der Waals surface area contributed by atoms with Crippen LogP contribution >= 0.6 is 0 Å². The first-order valence-corrected chi connectivity index (χ1v) is 12.9. The van der Waals surface area contributed by atoms with Crippen molar-refractivity contribution in [1.82, 2.24) is 24.7 Å². The summed E-state index contributed by atoms with van der Waals surface area (Å²) in [6, 6.07) is 11.4. The van der Waals surface area contributed by atoms with Crippen molar-refractivity contribution < 1.29 is 19.0 Å². The summed E-state index contributed by atoms with van der Waals surface area (Å²) in [5, 5.41) is 6.32. The maximum atomic E-state index is 13.0. The Balaban J connectivity index is 1.20. The number of carbonyl (C=O) groups is 1. The Kier molecular flexibility index (Phi) is 7.95. The number of pyridine rings is 1. The number of anilines is 3. The zero-order valence-electron chi connectivity index (χ0n) is 22.4. The van der Waals surface area contributed by atoms with E-state index in [0.29, 0.717) is 48.4 Å². The Morgan fingerprint density at radius 3 is 2.64 bits per heavy atom. The third kappa shape index (κ3) is 5.97. The highest BCUT2D eigenvalue weighted by molar-refractivity contribution is 5.79. The van der Waals surface area contributed by atoms with Gasteiger partial charge in [-0.15, -0.1) is 0 Å². The van der Waals surface area contributed by atoms with Crippen molar-refractivity contribution in [2.45, 2.75) is 19.3 Å². The van der Waals surface area contributed by atoms with Crippen LogP contribution in [-0.2, 0) is 11.2 Å². The molecule has 204 valence electrons. The third-order valence-corrected chi connectivity index (χ3v) is 6.77. The molecule has 4 aromatic rings. The number of methoxy groups -OCH3 is 3. The van der Waals surface area contributed by atoms with Gasteiger partial charge in [-0.2, -0.15) is 4.98 Å². The first-order valence-electron chi connectivity index (χ1n) is 12.9. The lowest BCUT2D eigenvalue weighted by molar-refractivity contribution is -0.125.